The van der Waals surface area contributed by atoms with Crippen LogP contribution in [0.2, 0.25) is 0 Å². The van der Waals surface area contributed by atoms with Gasteiger partial charge in [0.15, 0.2) is 0 Å². The van der Waals surface area contributed by atoms with Crippen LogP contribution in [0.4, 0.5) is 0 Å². The maximum atomic E-state index is 11.8. The van der Waals surface area contributed by atoms with Gasteiger partial charge in [-0.05, 0) is 37.0 Å². The molecule has 0 aliphatic carbocycles. The molecule has 3 nitrogen and oxygen atoms in total. The Bertz CT molecular complexity index is 480. The van der Waals surface area contributed by atoms with Gasteiger partial charge in [0.05, 0.1) is 12.6 Å². The van der Waals surface area contributed by atoms with Crippen molar-refractivity contribution in [2.45, 2.75) is 39.7 Å². The van der Waals surface area contributed by atoms with Gasteiger partial charge in [-0.15, -0.1) is 0 Å². The van der Waals surface area contributed by atoms with Gasteiger partial charge < -0.3 is 11.1 Å². The molecule has 0 aliphatic rings. The summed E-state index contributed by atoms with van der Waals surface area (Å²) < 4.78 is 0. The summed E-state index contributed by atoms with van der Waals surface area (Å²) in [7, 11) is 0. The Morgan fingerprint density at radius 3 is 2.45 bits per heavy atom. The van der Waals surface area contributed by atoms with E-state index >= 15 is 0 Å². The molecule has 1 amide bonds. The van der Waals surface area contributed by atoms with E-state index in [-0.39, 0.29) is 11.9 Å². The smallest absolute Gasteiger partial charge is 0.220 e. The van der Waals surface area contributed by atoms with E-state index in [9.17, 15) is 4.79 Å². The Balaban J connectivity index is 2.55. The molecule has 108 valence electrons. The lowest BCUT2D eigenvalue weighted by atomic mass is 10.0. The second-order valence-corrected chi connectivity index (χ2v) is 5.35. The first kappa shape index (κ1) is 16.3. The molecule has 0 radical (unpaired) electrons. The molecule has 1 aromatic carbocycles. The quantitative estimate of drug-likeness (QED) is 0.810. The van der Waals surface area contributed by atoms with E-state index in [1.165, 1.54) is 0 Å². The highest BCUT2D eigenvalue weighted by Gasteiger charge is 2.09. The van der Waals surface area contributed by atoms with Gasteiger partial charge in [0.2, 0.25) is 5.91 Å². The molecule has 0 saturated carbocycles. The average Bonchev–Trinajstić information content (AvgIpc) is 2.43. The Morgan fingerprint density at radius 2 is 1.90 bits per heavy atom. The minimum Gasteiger partial charge on any atom is -0.350 e. The summed E-state index contributed by atoms with van der Waals surface area (Å²) >= 11 is 0. The molecule has 0 fully saturated rings. The van der Waals surface area contributed by atoms with E-state index in [0.717, 1.165) is 17.5 Å². The van der Waals surface area contributed by atoms with Crippen molar-refractivity contribution in [3.8, 4) is 11.8 Å². The van der Waals surface area contributed by atoms with E-state index in [1.807, 2.05) is 31.2 Å². The topological polar surface area (TPSA) is 55.1 Å². The third-order valence-corrected chi connectivity index (χ3v) is 3.07. The summed E-state index contributed by atoms with van der Waals surface area (Å²) in [6, 6.07) is 7.91. The maximum Gasteiger partial charge on any atom is 0.220 e. The first-order chi connectivity index (χ1) is 9.52. The van der Waals surface area contributed by atoms with Crippen LogP contribution in [0, 0.1) is 17.8 Å². The molecule has 1 atom stereocenters. The Kier molecular flexibility index (Phi) is 6.83. The summed E-state index contributed by atoms with van der Waals surface area (Å²) in [6.45, 7) is 6.60. The maximum absolute atomic E-state index is 11.8. The molecular weight excluding hydrogens is 248 g/mol. The predicted molar refractivity (Wildman–Crippen MR) is 83.0 cm³/mol. The number of rotatable bonds is 5. The molecule has 0 aromatic heterocycles. The average molecular weight is 272 g/mol. The van der Waals surface area contributed by atoms with Gasteiger partial charge in [0, 0.05) is 12.0 Å². The number of hydrogen-bond donors (Lipinski definition) is 2. The first-order valence-corrected chi connectivity index (χ1v) is 7.11. The molecular formula is C17H24N2O. The van der Waals surface area contributed by atoms with Crippen LogP contribution in [-0.2, 0) is 4.79 Å². The zero-order valence-electron chi connectivity index (χ0n) is 12.6. The summed E-state index contributed by atoms with van der Waals surface area (Å²) in [4.78, 5) is 11.8. The number of carbonyl (C=O) groups is 1. The van der Waals surface area contributed by atoms with Crippen molar-refractivity contribution in [3.63, 3.8) is 0 Å². The summed E-state index contributed by atoms with van der Waals surface area (Å²) in [6.07, 6.45) is 1.51. The number of benzene rings is 1. The highest BCUT2D eigenvalue weighted by molar-refractivity contribution is 5.76. The van der Waals surface area contributed by atoms with Crippen LogP contribution >= 0.6 is 0 Å². The van der Waals surface area contributed by atoms with E-state index in [4.69, 9.17) is 5.73 Å². The lowest BCUT2D eigenvalue weighted by Crippen LogP contribution is -2.26. The van der Waals surface area contributed by atoms with Gasteiger partial charge >= 0.3 is 0 Å². The monoisotopic (exact) mass is 272 g/mol. The van der Waals surface area contributed by atoms with Crippen molar-refractivity contribution in [2.75, 3.05) is 6.54 Å². The highest BCUT2D eigenvalue weighted by Crippen LogP contribution is 2.14. The molecule has 0 bridgehead atoms. The van der Waals surface area contributed by atoms with Crippen LogP contribution < -0.4 is 11.1 Å². The van der Waals surface area contributed by atoms with E-state index in [0.29, 0.717) is 18.9 Å². The number of carbonyl (C=O) groups excluding carboxylic acids is 1. The lowest BCUT2D eigenvalue weighted by Gasteiger charge is -2.15. The van der Waals surface area contributed by atoms with Crippen LogP contribution in [0.5, 0.6) is 0 Å². The zero-order chi connectivity index (χ0) is 15.0. The number of hydrogen-bond acceptors (Lipinski definition) is 2. The largest absolute Gasteiger partial charge is 0.350 e. The number of nitrogens with one attached hydrogen (secondary N) is 1. The zero-order valence-corrected chi connectivity index (χ0v) is 12.6. The predicted octanol–water partition coefficient (Wildman–Crippen LogP) is 2.61. The lowest BCUT2D eigenvalue weighted by molar-refractivity contribution is -0.122. The van der Waals surface area contributed by atoms with Gasteiger partial charge in [-0.3, -0.25) is 4.79 Å². The Hall–Kier alpha value is -1.79. The fourth-order valence-corrected chi connectivity index (χ4v) is 1.82. The normalized spacial score (nSPS) is 11.7. The van der Waals surface area contributed by atoms with Crippen LogP contribution in [0.3, 0.4) is 0 Å². The highest BCUT2D eigenvalue weighted by atomic mass is 16.1. The van der Waals surface area contributed by atoms with Crippen molar-refractivity contribution in [1.29, 1.82) is 0 Å². The van der Waals surface area contributed by atoms with Crippen LogP contribution in [0.15, 0.2) is 24.3 Å². The fraction of sp³-hybridized carbons (Fsp3) is 0.471. The molecule has 3 heteroatoms. The molecule has 1 unspecified atom stereocenters. The van der Waals surface area contributed by atoms with Gasteiger partial charge in [-0.25, -0.2) is 0 Å². The molecule has 0 saturated heterocycles. The van der Waals surface area contributed by atoms with Gasteiger partial charge in [0.1, 0.15) is 0 Å². The minimum absolute atomic E-state index is 0.0196. The molecule has 0 spiro atoms. The second kappa shape index (κ2) is 8.39. The van der Waals surface area contributed by atoms with E-state index in [1.54, 1.807) is 0 Å². The van der Waals surface area contributed by atoms with Gasteiger partial charge in [-0.1, -0.05) is 37.8 Å². The Morgan fingerprint density at radius 1 is 1.25 bits per heavy atom. The van der Waals surface area contributed by atoms with Crippen molar-refractivity contribution < 1.29 is 4.79 Å². The molecule has 0 aliphatic heterocycles. The third-order valence-electron chi connectivity index (χ3n) is 3.07. The molecule has 20 heavy (non-hydrogen) atoms. The molecule has 1 aromatic rings. The molecule has 0 heterocycles. The van der Waals surface area contributed by atoms with Crippen molar-refractivity contribution in [1.82, 2.24) is 5.32 Å². The molecule has 3 N–H and O–H groups in total. The summed E-state index contributed by atoms with van der Waals surface area (Å²) in [5, 5.41) is 3.02. The molecule has 1 rings (SSSR count). The van der Waals surface area contributed by atoms with E-state index in [2.05, 4.69) is 31.0 Å². The summed E-state index contributed by atoms with van der Waals surface area (Å²) in [5.74, 6) is 6.46. The summed E-state index contributed by atoms with van der Waals surface area (Å²) in [5.41, 5.74) is 7.36. The van der Waals surface area contributed by atoms with Crippen LogP contribution in [0.1, 0.15) is 50.8 Å². The van der Waals surface area contributed by atoms with Crippen molar-refractivity contribution in [3.05, 3.63) is 35.4 Å². The SMILES string of the molecule is CC(C)CCC(=O)NC(C)c1ccc(C#CCN)cc1. The Labute approximate surface area is 121 Å². The minimum atomic E-state index is 0.0196. The number of amides is 1. The number of nitrogens with two attached hydrogens (primary N) is 1. The first-order valence-electron chi connectivity index (χ1n) is 7.11. The van der Waals surface area contributed by atoms with Crippen LogP contribution in [-0.4, -0.2) is 12.5 Å². The fourth-order valence-electron chi connectivity index (χ4n) is 1.82. The second-order valence-electron chi connectivity index (χ2n) is 5.35. The van der Waals surface area contributed by atoms with E-state index < -0.39 is 0 Å². The van der Waals surface area contributed by atoms with Gasteiger partial charge in [0.25, 0.3) is 0 Å². The third kappa shape index (κ3) is 5.90. The van der Waals surface area contributed by atoms with Crippen molar-refractivity contribution >= 4 is 5.91 Å². The van der Waals surface area contributed by atoms with Crippen LogP contribution in [0.25, 0.3) is 0 Å². The van der Waals surface area contributed by atoms with Crippen molar-refractivity contribution in [2.24, 2.45) is 11.7 Å². The van der Waals surface area contributed by atoms with Gasteiger partial charge in [-0.2, -0.15) is 0 Å². The standard InChI is InChI=1S/C17H24N2O/c1-13(2)6-11-17(20)19-14(3)16-9-7-15(8-10-16)5-4-12-18/h7-10,13-14H,6,11-12,18H2,1-3H3,(H,19,20).